The molecule has 0 radical (unpaired) electrons. The largest absolute Gasteiger partial charge is 0.208 e. The second-order valence-electron chi connectivity index (χ2n) is 14.4. The normalized spacial score (nSPS) is 11.6. The number of nitrogens with zero attached hydrogens (tertiary/aromatic N) is 3. The molecule has 10 aromatic rings. The van der Waals surface area contributed by atoms with Gasteiger partial charge >= 0.3 is 0 Å². The average Bonchev–Trinajstić information content (AvgIpc) is 3.61. The fourth-order valence-corrected chi connectivity index (χ4v) is 8.37. The van der Waals surface area contributed by atoms with Gasteiger partial charge < -0.3 is 0 Å². The van der Waals surface area contributed by atoms with E-state index in [1.54, 1.807) is 0 Å². The highest BCUT2D eigenvalue weighted by atomic mass is 15.0. The fraction of sp³-hybridized carbons (Fsp3) is 0. The van der Waals surface area contributed by atoms with E-state index in [-0.39, 0.29) is 0 Å². The molecule has 56 heavy (non-hydrogen) atoms. The molecule has 0 bridgehead atoms. The van der Waals surface area contributed by atoms with Crippen LogP contribution in [0.2, 0.25) is 0 Å². The molecule has 0 fully saturated rings. The minimum atomic E-state index is 0.647. The van der Waals surface area contributed by atoms with Gasteiger partial charge in [0.25, 0.3) is 0 Å². The Balaban J connectivity index is 0.959. The summed E-state index contributed by atoms with van der Waals surface area (Å²) in [5.41, 5.74) is 15.3. The van der Waals surface area contributed by atoms with Crippen molar-refractivity contribution in [2.24, 2.45) is 0 Å². The van der Waals surface area contributed by atoms with Crippen molar-refractivity contribution in [2.75, 3.05) is 0 Å². The van der Waals surface area contributed by atoms with Crippen molar-refractivity contribution in [1.29, 1.82) is 0 Å². The standard InChI is InChI=1S/C53H33N3/c1-3-12-36(13-4-1)51-54-52(37-14-5-2-6-15-37)56-53(55-51)38-27-24-35(25-28-38)42-21-10-16-34-26-29-40(33-49(34)42)39-17-9-18-41(32-39)43-30-31-48-45-20-8-7-19-44(45)47-23-11-22-46(43)50(47)48/h1-33H. The van der Waals surface area contributed by atoms with E-state index < -0.39 is 0 Å². The van der Waals surface area contributed by atoms with Crippen LogP contribution < -0.4 is 0 Å². The summed E-state index contributed by atoms with van der Waals surface area (Å²) in [4.78, 5) is 14.7. The number of fused-ring (bicyclic) bond motifs is 4. The third kappa shape index (κ3) is 5.40. The van der Waals surface area contributed by atoms with Crippen molar-refractivity contribution in [3.05, 3.63) is 200 Å². The number of hydrogen-bond donors (Lipinski definition) is 0. The van der Waals surface area contributed by atoms with Crippen molar-refractivity contribution in [3.63, 3.8) is 0 Å². The van der Waals surface area contributed by atoms with Crippen LogP contribution in [-0.2, 0) is 0 Å². The zero-order valence-corrected chi connectivity index (χ0v) is 30.4. The van der Waals surface area contributed by atoms with E-state index >= 15 is 0 Å². The maximum atomic E-state index is 4.94. The molecule has 0 saturated heterocycles. The monoisotopic (exact) mass is 711 g/mol. The lowest BCUT2D eigenvalue weighted by molar-refractivity contribution is 1.07. The summed E-state index contributed by atoms with van der Waals surface area (Å²) in [6.07, 6.45) is 0. The molecule has 0 amide bonds. The first kappa shape index (κ1) is 32.0. The summed E-state index contributed by atoms with van der Waals surface area (Å²) < 4.78 is 0. The molecule has 1 heterocycles. The highest BCUT2D eigenvalue weighted by Gasteiger charge is 2.22. The summed E-state index contributed by atoms with van der Waals surface area (Å²) in [5.74, 6) is 1.96. The first-order valence-electron chi connectivity index (χ1n) is 19.0. The lowest BCUT2D eigenvalue weighted by atomic mass is 9.91. The highest BCUT2D eigenvalue weighted by molar-refractivity contribution is 6.18. The van der Waals surface area contributed by atoms with E-state index in [4.69, 9.17) is 15.0 Å². The topological polar surface area (TPSA) is 38.7 Å². The van der Waals surface area contributed by atoms with E-state index in [2.05, 4.69) is 140 Å². The lowest BCUT2D eigenvalue weighted by Crippen LogP contribution is -2.00. The van der Waals surface area contributed by atoms with Crippen molar-refractivity contribution in [2.45, 2.75) is 0 Å². The van der Waals surface area contributed by atoms with Crippen LogP contribution in [0, 0.1) is 0 Å². The van der Waals surface area contributed by atoms with Gasteiger partial charge in [-0.05, 0) is 89.3 Å². The Kier molecular flexibility index (Phi) is 7.49. The van der Waals surface area contributed by atoms with Crippen LogP contribution in [0.25, 0.3) is 111 Å². The second kappa shape index (κ2) is 13.1. The minimum absolute atomic E-state index is 0.647. The molecule has 1 aliphatic carbocycles. The van der Waals surface area contributed by atoms with Crippen molar-refractivity contribution >= 4 is 21.5 Å². The molecule has 11 rings (SSSR count). The summed E-state index contributed by atoms with van der Waals surface area (Å²) in [6, 6.07) is 71.3. The molecule has 3 nitrogen and oxygen atoms in total. The minimum Gasteiger partial charge on any atom is -0.208 e. The third-order valence-electron chi connectivity index (χ3n) is 11.1. The second-order valence-corrected chi connectivity index (χ2v) is 14.4. The van der Waals surface area contributed by atoms with Crippen LogP contribution in [0.1, 0.15) is 0 Å². The Morgan fingerprint density at radius 2 is 0.679 bits per heavy atom. The number of aromatic nitrogens is 3. The summed E-state index contributed by atoms with van der Waals surface area (Å²) in [7, 11) is 0. The zero-order valence-electron chi connectivity index (χ0n) is 30.4. The van der Waals surface area contributed by atoms with E-state index in [9.17, 15) is 0 Å². The van der Waals surface area contributed by atoms with Crippen LogP contribution in [-0.4, -0.2) is 15.0 Å². The van der Waals surface area contributed by atoms with Crippen LogP contribution in [0.5, 0.6) is 0 Å². The van der Waals surface area contributed by atoms with Crippen LogP contribution in [0.3, 0.4) is 0 Å². The molecule has 0 spiro atoms. The molecule has 260 valence electrons. The van der Waals surface area contributed by atoms with Gasteiger partial charge in [-0.15, -0.1) is 0 Å². The first-order chi connectivity index (χ1) is 27.7. The SMILES string of the molecule is c1ccc(-c2nc(-c3ccccc3)nc(-c3ccc(-c4cccc5ccc(-c6cccc(-c7ccc8c9c(cccc79)-c7ccccc7-8)c6)cc45)cc3)n2)cc1. The van der Waals surface area contributed by atoms with Gasteiger partial charge in [0.2, 0.25) is 0 Å². The Bertz CT molecular complexity index is 3030. The summed E-state index contributed by atoms with van der Waals surface area (Å²) in [5, 5.41) is 5.06. The van der Waals surface area contributed by atoms with E-state index in [1.807, 2.05) is 60.7 Å². The molecule has 1 aromatic heterocycles. The average molecular weight is 712 g/mol. The molecule has 0 aliphatic heterocycles. The lowest BCUT2D eigenvalue weighted by Gasteiger charge is -2.13. The van der Waals surface area contributed by atoms with Gasteiger partial charge in [-0.25, -0.2) is 15.0 Å². The maximum Gasteiger partial charge on any atom is 0.164 e. The molecule has 1 aliphatic rings. The maximum absolute atomic E-state index is 4.94. The molecule has 9 aromatic carbocycles. The van der Waals surface area contributed by atoms with Gasteiger partial charge in [-0.2, -0.15) is 0 Å². The van der Waals surface area contributed by atoms with Crippen molar-refractivity contribution in [1.82, 2.24) is 15.0 Å². The Labute approximate surface area is 325 Å². The summed E-state index contributed by atoms with van der Waals surface area (Å²) in [6.45, 7) is 0. The Hall–Kier alpha value is -7.49. The van der Waals surface area contributed by atoms with Gasteiger partial charge in [0.05, 0.1) is 0 Å². The molecular formula is C53H33N3. The fourth-order valence-electron chi connectivity index (χ4n) is 8.37. The molecule has 0 N–H and O–H groups in total. The zero-order chi connectivity index (χ0) is 37.0. The van der Waals surface area contributed by atoms with Crippen molar-refractivity contribution in [3.8, 4) is 89.8 Å². The van der Waals surface area contributed by atoms with E-state index in [0.29, 0.717) is 17.5 Å². The Morgan fingerprint density at radius 1 is 0.232 bits per heavy atom. The van der Waals surface area contributed by atoms with Gasteiger partial charge in [0.1, 0.15) is 0 Å². The number of hydrogen-bond acceptors (Lipinski definition) is 3. The van der Waals surface area contributed by atoms with Crippen molar-refractivity contribution < 1.29 is 0 Å². The number of benzene rings is 9. The number of rotatable bonds is 6. The van der Waals surface area contributed by atoms with Gasteiger partial charge in [0.15, 0.2) is 17.5 Å². The van der Waals surface area contributed by atoms with Gasteiger partial charge in [-0.1, -0.05) is 188 Å². The predicted octanol–water partition coefficient (Wildman–Crippen LogP) is 13.8. The highest BCUT2D eigenvalue weighted by Crippen LogP contribution is 2.49. The smallest absolute Gasteiger partial charge is 0.164 e. The van der Waals surface area contributed by atoms with Crippen LogP contribution >= 0.6 is 0 Å². The van der Waals surface area contributed by atoms with Gasteiger partial charge in [0, 0.05) is 16.7 Å². The third-order valence-corrected chi connectivity index (χ3v) is 11.1. The van der Waals surface area contributed by atoms with Gasteiger partial charge in [-0.3, -0.25) is 0 Å². The van der Waals surface area contributed by atoms with E-state index in [0.717, 1.165) is 22.3 Å². The Morgan fingerprint density at radius 3 is 1.38 bits per heavy atom. The first-order valence-corrected chi connectivity index (χ1v) is 19.0. The van der Waals surface area contributed by atoms with Crippen LogP contribution in [0.4, 0.5) is 0 Å². The molecule has 3 heteroatoms. The summed E-state index contributed by atoms with van der Waals surface area (Å²) >= 11 is 0. The molecular weight excluding hydrogens is 679 g/mol. The predicted molar refractivity (Wildman–Crippen MR) is 232 cm³/mol. The molecule has 0 unspecified atom stereocenters. The quantitative estimate of drug-likeness (QED) is 0.172. The molecule has 0 saturated carbocycles. The molecule has 0 atom stereocenters. The van der Waals surface area contributed by atoms with Crippen LogP contribution in [0.15, 0.2) is 200 Å². The van der Waals surface area contributed by atoms with E-state index in [1.165, 1.54) is 71.6 Å².